The zero-order chi connectivity index (χ0) is 17.5. The van der Waals surface area contributed by atoms with E-state index >= 15 is 0 Å². The van der Waals surface area contributed by atoms with Crippen LogP contribution >= 0.6 is 0 Å². The highest BCUT2D eigenvalue weighted by Crippen LogP contribution is 2.28. The number of hydrogen-bond acceptors (Lipinski definition) is 4. The monoisotopic (exact) mass is 338 g/mol. The third-order valence-electron chi connectivity index (χ3n) is 5.21. The van der Waals surface area contributed by atoms with Gasteiger partial charge in [0.2, 0.25) is 11.8 Å². The zero-order valence-corrected chi connectivity index (χ0v) is 14.8. The number of carbonyl (C=O) groups is 3. The van der Waals surface area contributed by atoms with Crippen LogP contribution in [0.1, 0.15) is 45.4 Å². The number of carbonyl (C=O) groups excluding carboxylic acids is 3. The highest BCUT2D eigenvalue weighted by molar-refractivity contribution is 5.96. The van der Waals surface area contributed by atoms with Gasteiger partial charge in [-0.25, -0.2) is 4.79 Å². The molecule has 136 valence electrons. The molecule has 1 atom stereocenters. The van der Waals surface area contributed by atoms with Gasteiger partial charge in [-0.15, -0.1) is 0 Å². The predicted molar refractivity (Wildman–Crippen MR) is 91.4 cm³/mol. The SMILES string of the molecule is CNC(=O)NC(=O)[C@H](C)N1CCCN(C(=O)CC2CCCC2)CC1. The first kappa shape index (κ1) is 18.7. The van der Waals surface area contributed by atoms with Crippen LogP contribution in [0.5, 0.6) is 0 Å². The summed E-state index contributed by atoms with van der Waals surface area (Å²) in [4.78, 5) is 39.8. The molecule has 7 heteroatoms. The van der Waals surface area contributed by atoms with Crippen molar-refractivity contribution in [3.8, 4) is 0 Å². The molecule has 1 saturated heterocycles. The summed E-state index contributed by atoms with van der Waals surface area (Å²) in [6.45, 7) is 4.64. The lowest BCUT2D eigenvalue weighted by atomic mass is 10.0. The molecule has 0 radical (unpaired) electrons. The van der Waals surface area contributed by atoms with Crippen molar-refractivity contribution >= 4 is 17.8 Å². The average Bonchev–Trinajstić information content (AvgIpc) is 2.95. The molecule has 1 heterocycles. The topological polar surface area (TPSA) is 81.8 Å². The average molecular weight is 338 g/mol. The van der Waals surface area contributed by atoms with E-state index < -0.39 is 6.03 Å². The molecular weight excluding hydrogens is 308 g/mol. The summed E-state index contributed by atoms with van der Waals surface area (Å²) in [6.07, 6.45) is 6.40. The van der Waals surface area contributed by atoms with Gasteiger partial charge in [-0.3, -0.25) is 19.8 Å². The van der Waals surface area contributed by atoms with E-state index in [1.807, 2.05) is 9.80 Å². The van der Waals surface area contributed by atoms with Crippen molar-refractivity contribution in [1.82, 2.24) is 20.4 Å². The van der Waals surface area contributed by atoms with Crippen LogP contribution in [0.2, 0.25) is 0 Å². The Morgan fingerprint density at radius 2 is 1.75 bits per heavy atom. The minimum Gasteiger partial charge on any atom is -0.341 e. The normalized spacial score (nSPS) is 21.2. The van der Waals surface area contributed by atoms with E-state index in [9.17, 15) is 14.4 Å². The van der Waals surface area contributed by atoms with Crippen molar-refractivity contribution in [3.63, 3.8) is 0 Å². The smallest absolute Gasteiger partial charge is 0.321 e. The number of amides is 4. The van der Waals surface area contributed by atoms with Crippen LogP contribution in [-0.4, -0.2) is 66.9 Å². The number of nitrogens with zero attached hydrogens (tertiary/aromatic N) is 2. The van der Waals surface area contributed by atoms with E-state index in [0.717, 1.165) is 19.5 Å². The van der Waals surface area contributed by atoms with Crippen molar-refractivity contribution in [1.29, 1.82) is 0 Å². The van der Waals surface area contributed by atoms with Gasteiger partial charge in [-0.05, 0) is 32.1 Å². The molecule has 24 heavy (non-hydrogen) atoms. The van der Waals surface area contributed by atoms with Crippen molar-refractivity contribution in [2.75, 3.05) is 33.2 Å². The van der Waals surface area contributed by atoms with Gasteiger partial charge in [0.05, 0.1) is 6.04 Å². The van der Waals surface area contributed by atoms with E-state index in [1.54, 1.807) is 6.92 Å². The molecule has 0 bridgehead atoms. The molecule has 1 aliphatic carbocycles. The number of hydrogen-bond donors (Lipinski definition) is 2. The highest BCUT2D eigenvalue weighted by Gasteiger charge is 2.27. The largest absolute Gasteiger partial charge is 0.341 e. The molecule has 2 rings (SSSR count). The lowest BCUT2D eigenvalue weighted by Crippen LogP contribution is -2.50. The Labute approximate surface area is 144 Å². The lowest BCUT2D eigenvalue weighted by Gasteiger charge is -2.26. The van der Waals surface area contributed by atoms with Gasteiger partial charge in [0, 0.05) is 39.6 Å². The van der Waals surface area contributed by atoms with Crippen molar-refractivity contribution < 1.29 is 14.4 Å². The fourth-order valence-electron chi connectivity index (χ4n) is 3.61. The van der Waals surface area contributed by atoms with Gasteiger partial charge in [0.15, 0.2) is 0 Å². The number of nitrogens with one attached hydrogen (secondary N) is 2. The van der Waals surface area contributed by atoms with E-state index in [0.29, 0.717) is 25.4 Å². The molecule has 0 unspecified atom stereocenters. The summed E-state index contributed by atoms with van der Waals surface area (Å²) >= 11 is 0. The minimum absolute atomic E-state index is 0.256. The Morgan fingerprint density at radius 3 is 2.42 bits per heavy atom. The quantitative estimate of drug-likeness (QED) is 0.799. The first-order valence-corrected chi connectivity index (χ1v) is 9.05. The van der Waals surface area contributed by atoms with Crippen LogP contribution in [0.15, 0.2) is 0 Å². The molecule has 0 aromatic rings. The Hall–Kier alpha value is -1.63. The second kappa shape index (κ2) is 9.01. The van der Waals surface area contributed by atoms with Gasteiger partial charge in [-0.1, -0.05) is 12.8 Å². The summed E-state index contributed by atoms with van der Waals surface area (Å²) in [5, 5.41) is 4.70. The Morgan fingerprint density at radius 1 is 1.04 bits per heavy atom. The second-order valence-corrected chi connectivity index (χ2v) is 6.87. The standard InChI is InChI=1S/C17H30N4O3/c1-13(16(23)19-17(24)18-2)20-8-5-9-21(11-10-20)15(22)12-14-6-3-4-7-14/h13-14H,3-12H2,1-2H3,(H2,18,19,23,24)/t13-/m0/s1. The number of imide groups is 1. The molecule has 2 N–H and O–H groups in total. The second-order valence-electron chi connectivity index (χ2n) is 6.87. The summed E-state index contributed by atoms with van der Waals surface area (Å²) in [5.41, 5.74) is 0. The maximum Gasteiger partial charge on any atom is 0.321 e. The van der Waals surface area contributed by atoms with Crippen LogP contribution in [0.3, 0.4) is 0 Å². The van der Waals surface area contributed by atoms with Crippen molar-refractivity contribution in [3.05, 3.63) is 0 Å². The lowest BCUT2D eigenvalue weighted by molar-refractivity contribution is -0.132. The van der Waals surface area contributed by atoms with Crippen LogP contribution in [0.25, 0.3) is 0 Å². The molecule has 0 spiro atoms. The molecule has 4 amide bonds. The number of urea groups is 1. The van der Waals surface area contributed by atoms with E-state index in [4.69, 9.17) is 0 Å². The fourth-order valence-corrected chi connectivity index (χ4v) is 3.61. The summed E-state index contributed by atoms with van der Waals surface area (Å²) in [7, 11) is 1.48. The molecule has 1 aliphatic heterocycles. The minimum atomic E-state index is -0.491. The summed E-state index contributed by atoms with van der Waals surface area (Å²) < 4.78 is 0. The summed E-state index contributed by atoms with van der Waals surface area (Å²) in [6, 6.07) is -0.873. The first-order valence-electron chi connectivity index (χ1n) is 9.05. The van der Waals surface area contributed by atoms with Crippen LogP contribution in [0, 0.1) is 5.92 Å². The maximum absolute atomic E-state index is 12.5. The molecule has 7 nitrogen and oxygen atoms in total. The Balaban J connectivity index is 1.81. The molecule has 0 aromatic heterocycles. The van der Waals surface area contributed by atoms with E-state index in [-0.39, 0.29) is 17.9 Å². The Kier molecular flexibility index (Phi) is 7.02. The van der Waals surface area contributed by atoms with Crippen LogP contribution in [0.4, 0.5) is 4.79 Å². The van der Waals surface area contributed by atoms with Crippen molar-refractivity contribution in [2.45, 2.75) is 51.5 Å². The molecular formula is C17H30N4O3. The van der Waals surface area contributed by atoms with Gasteiger partial charge in [0.1, 0.15) is 0 Å². The van der Waals surface area contributed by atoms with Crippen molar-refractivity contribution in [2.24, 2.45) is 5.92 Å². The highest BCUT2D eigenvalue weighted by atomic mass is 16.2. The number of rotatable bonds is 4. The van der Waals surface area contributed by atoms with Gasteiger partial charge >= 0.3 is 6.03 Å². The molecule has 1 saturated carbocycles. The fraction of sp³-hybridized carbons (Fsp3) is 0.824. The predicted octanol–water partition coefficient (Wildman–Crippen LogP) is 0.945. The van der Waals surface area contributed by atoms with E-state index in [2.05, 4.69) is 10.6 Å². The summed E-state index contributed by atoms with van der Waals surface area (Å²) in [5.74, 6) is 0.514. The van der Waals surface area contributed by atoms with Gasteiger partial charge < -0.3 is 10.2 Å². The van der Waals surface area contributed by atoms with Gasteiger partial charge in [-0.2, -0.15) is 0 Å². The van der Waals surface area contributed by atoms with Crippen LogP contribution < -0.4 is 10.6 Å². The maximum atomic E-state index is 12.5. The third kappa shape index (κ3) is 5.19. The van der Waals surface area contributed by atoms with E-state index in [1.165, 1.54) is 32.7 Å². The molecule has 0 aromatic carbocycles. The Bertz CT molecular complexity index is 463. The molecule has 2 fully saturated rings. The molecule has 2 aliphatic rings. The first-order chi connectivity index (χ1) is 11.5. The van der Waals surface area contributed by atoms with Crippen LogP contribution in [-0.2, 0) is 9.59 Å². The third-order valence-corrected chi connectivity index (χ3v) is 5.21. The van der Waals surface area contributed by atoms with Gasteiger partial charge in [0.25, 0.3) is 0 Å². The zero-order valence-electron chi connectivity index (χ0n) is 14.8.